The third kappa shape index (κ3) is 3.72. The number of aliphatic imine (C=N–C) groups is 2. The summed E-state index contributed by atoms with van der Waals surface area (Å²) >= 11 is 6.62. The van der Waals surface area contributed by atoms with Crippen LogP contribution in [0.3, 0.4) is 0 Å². The summed E-state index contributed by atoms with van der Waals surface area (Å²) < 4.78 is 116. The molecule has 1 aromatic carbocycles. The lowest BCUT2D eigenvalue weighted by molar-refractivity contribution is 0.143. The number of halogens is 2. The Labute approximate surface area is 183 Å². The SMILES string of the molecule is [2H]C1=NC(=N)C2([2H])N=C(Cl)SC2N1C1([2H])CCN(C([2H])([2H])c2c([2H])c([2H])c(F)c(C#N)c2[2H])C([2H])([2H])C1([2H])[2H]. The van der Waals surface area contributed by atoms with Gasteiger partial charge in [0.2, 0.25) is 0 Å². The summed E-state index contributed by atoms with van der Waals surface area (Å²) in [6.07, 6.45) is -4.96. The van der Waals surface area contributed by atoms with Gasteiger partial charge in [-0.3, -0.25) is 15.3 Å². The molecule has 3 aliphatic heterocycles. The first-order chi connectivity index (χ1) is 17.7. The fourth-order valence-corrected chi connectivity index (χ4v) is 3.71. The first kappa shape index (κ1) is 9.03. The molecule has 0 saturated carbocycles. The molecule has 1 saturated heterocycles. The van der Waals surface area contributed by atoms with Gasteiger partial charge in [0.15, 0.2) is 4.50 Å². The monoisotopic (exact) mass is 416 g/mol. The summed E-state index contributed by atoms with van der Waals surface area (Å²) in [5.74, 6) is -2.22. The molecule has 1 aromatic rings. The summed E-state index contributed by atoms with van der Waals surface area (Å²) in [5.41, 5.74) is -2.08. The maximum absolute atomic E-state index is 14.3. The predicted molar refractivity (Wildman–Crippen MR) is 106 cm³/mol. The molecule has 0 amide bonds. The Morgan fingerprint density at radius 1 is 1.63 bits per heavy atom. The molecule has 0 aromatic heterocycles. The minimum atomic E-state index is -3.44. The van der Waals surface area contributed by atoms with E-state index in [0.29, 0.717) is 16.7 Å². The van der Waals surface area contributed by atoms with E-state index in [0.717, 1.165) is 0 Å². The second-order valence-corrected chi connectivity index (χ2v) is 7.05. The van der Waals surface area contributed by atoms with Crippen LogP contribution in [0.25, 0.3) is 0 Å². The largest absolute Gasteiger partial charge is 0.344 e. The van der Waals surface area contributed by atoms with Gasteiger partial charge in [-0.25, -0.2) is 9.38 Å². The van der Waals surface area contributed by atoms with E-state index in [-0.39, 0.29) is 9.40 Å². The molecule has 3 unspecified atom stereocenters. The van der Waals surface area contributed by atoms with Gasteiger partial charge in [0.1, 0.15) is 30.5 Å². The Hall–Kier alpha value is -1.95. The van der Waals surface area contributed by atoms with Crippen molar-refractivity contribution in [3.05, 3.63) is 35.1 Å². The van der Waals surface area contributed by atoms with E-state index in [1.165, 1.54) is 6.07 Å². The number of thioether (sulfide) groups is 1. The lowest BCUT2D eigenvalue weighted by Gasteiger charge is -2.42. The Morgan fingerprint density at radius 2 is 2.48 bits per heavy atom. The molecular weight excluding hydrogens is 387 g/mol. The van der Waals surface area contributed by atoms with Crippen LogP contribution in [0, 0.1) is 22.6 Å². The van der Waals surface area contributed by atoms with Gasteiger partial charge < -0.3 is 4.90 Å². The van der Waals surface area contributed by atoms with Crippen molar-refractivity contribution in [2.24, 2.45) is 9.98 Å². The highest BCUT2D eigenvalue weighted by Crippen LogP contribution is 2.36. The van der Waals surface area contributed by atoms with E-state index >= 15 is 0 Å². The quantitative estimate of drug-likeness (QED) is 0.821. The third-order valence-corrected chi connectivity index (χ3v) is 5.02. The zero-order valence-corrected chi connectivity index (χ0v) is 15.0. The van der Waals surface area contributed by atoms with Crippen molar-refractivity contribution in [2.45, 2.75) is 36.7 Å². The van der Waals surface area contributed by atoms with E-state index in [2.05, 4.69) is 9.98 Å². The van der Waals surface area contributed by atoms with E-state index in [9.17, 15) is 9.65 Å². The lowest BCUT2D eigenvalue weighted by Crippen LogP contribution is -2.53. The maximum atomic E-state index is 14.3. The summed E-state index contributed by atoms with van der Waals surface area (Å²) in [5, 5.41) is 15.8. The molecule has 0 radical (unpaired) electrons. The Morgan fingerprint density at radius 3 is 3.30 bits per heavy atom. The molecule has 0 bridgehead atoms. The van der Waals surface area contributed by atoms with E-state index < -0.39 is 97.0 Å². The number of piperidine rings is 1. The summed E-state index contributed by atoms with van der Waals surface area (Å²) in [6.45, 7) is -7.47. The highest BCUT2D eigenvalue weighted by Gasteiger charge is 2.42. The number of amidine groups is 2. The molecular formula is C18H18ClFN6S. The number of nitrogens with one attached hydrogen (secondary N) is 1. The highest BCUT2D eigenvalue weighted by molar-refractivity contribution is 8.17. The zero-order chi connectivity index (χ0) is 29.7. The number of nitriles is 1. The van der Waals surface area contributed by atoms with Crippen molar-refractivity contribution in [2.75, 3.05) is 13.0 Å². The van der Waals surface area contributed by atoms with Crippen molar-refractivity contribution < 1.29 is 20.8 Å². The molecule has 1 N–H and O–H groups in total. The van der Waals surface area contributed by atoms with Crippen LogP contribution in [-0.4, -0.2) is 56.9 Å². The summed E-state index contributed by atoms with van der Waals surface area (Å²) in [4.78, 5) is 8.41. The fourth-order valence-electron chi connectivity index (χ4n) is 2.48. The number of benzene rings is 1. The van der Waals surface area contributed by atoms with E-state index in [1.807, 2.05) is 0 Å². The smallest absolute Gasteiger partial charge is 0.161 e. The first-order valence-electron chi connectivity index (χ1n) is 13.5. The van der Waals surface area contributed by atoms with Gasteiger partial charge in [-0.15, -0.1) is 0 Å². The van der Waals surface area contributed by atoms with Crippen LogP contribution >= 0.6 is 23.4 Å². The zero-order valence-electron chi connectivity index (χ0n) is 25.4. The van der Waals surface area contributed by atoms with Crippen LogP contribution in [0.1, 0.15) is 40.4 Å². The van der Waals surface area contributed by atoms with Gasteiger partial charge in [0.05, 0.1) is 18.7 Å². The molecule has 1 fully saturated rings. The van der Waals surface area contributed by atoms with Gasteiger partial charge in [0, 0.05) is 33.8 Å². The first-order valence-corrected chi connectivity index (χ1v) is 8.80. The molecule has 3 atom stereocenters. The van der Waals surface area contributed by atoms with Gasteiger partial charge in [-0.1, -0.05) is 29.4 Å². The van der Waals surface area contributed by atoms with Crippen molar-refractivity contribution >= 4 is 40.0 Å². The van der Waals surface area contributed by atoms with Gasteiger partial charge in [-0.05, 0) is 30.4 Å². The minimum Gasteiger partial charge on any atom is -0.344 e. The normalized spacial score (nSPS) is 44.6. The minimum absolute atomic E-state index is 0.225. The van der Waals surface area contributed by atoms with Gasteiger partial charge in [-0.2, -0.15) is 5.26 Å². The predicted octanol–water partition coefficient (Wildman–Crippen LogP) is 3.02. The van der Waals surface area contributed by atoms with Crippen molar-refractivity contribution in [1.82, 2.24) is 9.80 Å². The van der Waals surface area contributed by atoms with E-state index in [4.69, 9.17) is 33.5 Å². The number of rotatable bonds is 3. The molecule has 9 heteroatoms. The Kier molecular flexibility index (Phi) is 2.54. The highest BCUT2D eigenvalue weighted by atomic mass is 35.5. The van der Waals surface area contributed by atoms with Crippen LogP contribution < -0.4 is 0 Å². The maximum Gasteiger partial charge on any atom is 0.161 e. The van der Waals surface area contributed by atoms with Crippen LogP contribution in [0.2, 0.25) is 0 Å². The molecule has 3 heterocycles. The van der Waals surface area contributed by atoms with Crippen LogP contribution in [-0.2, 0) is 6.50 Å². The second kappa shape index (κ2) is 7.58. The number of hydrogen-bond acceptors (Lipinski definition) is 6. The molecule has 0 aliphatic carbocycles. The van der Waals surface area contributed by atoms with Crippen LogP contribution in [0.4, 0.5) is 4.39 Å². The number of nitrogens with zero attached hydrogens (tertiary/aromatic N) is 5. The molecule has 3 aliphatic rings. The average Bonchev–Trinajstić information content (AvgIpc) is 3.11. The van der Waals surface area contributed by atoms with Gasteiger partial charge >= 0.3 is 0 Å². The van der Waals surface area contributed by atoms with Crippen LogP contribution in [0.5, 0.6) is 0 Å². The molecule has 0 spiro atoms. The van der Waals surface area contributed by atoms with Gasteiger partial charge in [0.25, 0.3) is 0 Å². The van der Waals surface area contributed by atoms with E-state index in [1.54, 1.807) is 0 Å². The number of hydrogen-bond donors (Lipinski definition) is 1. The van der Waals surface area contributed by atoms with Crippen LogP contribution in [0.15, 0.2) is 28.1 Å². The fraction of sp³-hybridized carbons (Fsp3) is 0.444. The summed E-state index contributed by atoms with van der Waals surface area (Å²) in [7, 11) is 0. The Balaban J connectivity index is 1.85. The molecule has 6 nitrogen and oxygen atoms in total. The second-order valence-electron chi connectivity index (χ2n) is 5.40. The molecule has 140 valence electrons. The number of likely N-dealkylation sites (tertiary alicyclic amines) is 1. The number of fused-ring (bicyclic) bond motifs is 1. The lowest BCUT2D eigenvalue weighted by atomic mass is 10.0. The van der Waals surface area contributed by atoms with Crippen molar-refractivity contribution in [3.8, 4) is 6.07 Å². The third-order valence-electron chi connectivity index (χ3n) is 3.72. The standard InChI is InChI=1S/C18H18ClFN6S/c19-18-24-15-16(22)23-10-26(17(15)27-18)13-3-5-25(6-4-13)9-11-1-2-14(20)12(7-11)8-21/h1-2,7,10,13,15,17,22H,3-6,9H2/i1D,2D,3D2,5D2,7D,9D2,10D,13D,15D. The summed E-state index contributed by atoms with van der Waals surface area (Å²) in [6, 6.07) is -7.09. The van der Waals surface area contributed by atoms with Crippen molar-refractivity contribution in [3.63, 3.8) is 0 Å². The topological polar surface area (TPSA) is 78.8 Å². The van der Waals surface area contributed by atoms with Crippen molar-refractivity contribution in [1.29, 1.82) is 10.7 Å². The molecule has 4 rings (SSSR count). The molecule has 27 heavy (non-hydrogen) atoms. The average molecular weight is 417 g/mol. The Bertz CT molecular complexity index is 1400.